The molecule has 0 radical (unpaired) electrons. The van der Waals surface area contributed by atoms with E-state index < -0.39 is 5.97 Å². The molecule has 0 bridgehead atoms. The molecule has 4 heterocycles. The predicted octanol–water partition coefficient (Wildman–Crippen LogP) is 2.43. The Labute approximate surface area is 168 Å². The molecule has 28 heavy (non-hydrogen) atoms. The standard InChI is InChI=1S/C19H26N6O2S/c1-2-23-10-12-24(13-11-23)14-6-7-20-17(21-14)15-16(18(26)27)28-19(22-15)25-8-4-3-5-9-25/h6-7H,2-5,8-13H2,1H3,(H,26,27). The number of nitrogens with zero attached hydrogens (tertiary/aromatic N) is 6. The normalized spacial score (nSPS) is 18.5. The molecule has 9 heteroatoms. The Morgan fingerprint density at radius 3 is 2.50 bits per heavy atom. The number of piperidine rings is 1. The molecule has 2 aromatic rings. The van der Waals surface area contributed by atoms with Crippen molar-refractivity contribution in [2.75, 3.05) is 55.6 Å². The first-order chi connectivity index (χ1) is 13.7. The lowest BCUT2D eigenvalue weighted by Crippen LogP contribution is -2.46. The second kappa shape index (κ2) is 8.40. The number of hydrogen-bond acceptors (Lipinski definition) is 8. The maximum atomic E-state index is 11.8. The summed E-state index contributed by atoms with van der Waals surface area (Å²) in [6, 6.07) is 1.89. The Bertz CT molecular complexity index is 828. The fourth-order valence-corrected chi connectivity index (χ4v) is 4.71. The second-order valence-corrected chi connectivity index (χ2v) is 8.16. The average Bonchev–Trinajstić information content (AvgIpc) is 3.21. The van der Waals surface area contributed by atoms with Gasteiger partial charge in [0.05, 0.1) is 0 Å². The summed E-state index contributed by atoms with van der Waals surface area (Å²) in [5, 5.41) is 10.5. The molecule has 2 aliphatic heterocycles. The third-order valence-corrected chi connectivity index (χ3v) is 6.54. The number of anilines is 2. The van der Waals surface area contributed by atoms with Gasteiger partial charge >= 0.3 is 5.97 Å². The van der Waals surface area contributed by atoms with Gasteiger partial charge in [0, 0.05) is 45.5 Å². The van der Waals surface area contributed by atoms with Crippen molar-refractivity contribution < 1.29 is 9.90 Å². The van der Waals surface area contributed by atoms with E-state index in [1.54, 1.807) is 6.20 Å². The van der Waals surface area contributed by atoms with Crippen LogP contribution in [0.2, 0.25) is 0 Å². The number of thiazole rings is 1. The summed E-state index contributed by atoms with van der Waals surface area (Å²) in [7, 11) is 0. The molecule has 0 atom stereocenters. The van der Waals surface area contributed by atoms with Gasteiger partial charge in [-0.2, -0.15) is 0 Å². The van der Waals surface area contributed by atoms with Gasteiger partial charge in [-0.15, -0.1) is 0 Å². The highest BCUT2D eigenvalue weighted by atomic mass is 32.1. The van der Waals surface area contributed by atoms with Gasteiger partial charge in [-0.3, -0.25) is 0 Å². The fraction of sp³-hybridized carbons (Fsp3) is 0.579. The number of piperazine rings is 1. The summed E-state index contributed by atoms with van der Waals surface area (Å²) >= 11 is 1.23. The van der Waals surface area contributed by atoms with Crippen LogP contribution in [0.15, 0.2) is 12.3 Å². The molecule has 0 unspecified atom stereocenters. The molecule has 4 rings (SSSR count). The van der Waals surface area contributed by atoms with Crippen molar-refractivity contribution in [3.05, 3.63) is 17.1 Å². The van der Waals surface area contributed by atoms with Gasteiger partial charge in [0.25, 0.3) is 0 Å². The third kappa shape index (κ3) is 3.95. The second-order valence-electron chi connectivity index (χ2n) is 7.19. The first-order valence-corrected chi connectivity index (χ1v) is 10.8. The molecule has 1 N–H and O–H groups in total. The lowest BCUT2D eigenvalue weighted by molar-refractivity contribution is 0.0702. The minimum Gasteiger partial charge on any atom is -0.477 e. The average molecular weight is 403 g/mol. The van der Waals surface area contributed by atoms with E-state index in [-0.39, 0.29) is 4.88 Å². The third-order valence-electron chi connectivity index (χ3n) is 5.43. The maximum absolute atomic E-state index is 11.8. The lowest BCUT2D eigenvalue weighted by atomic mass is 10.1. The van der Waals surface area contributed by atoms with E-state index in [1.807, 2.05) is 6.07 Å². The highest BCUT2D eigenvalue weighted by Gasteiger charge is 2.25. The van der Waals surface area contributed by atoms with Crippen molar-refractivity contribution in [2.24, 2.45) is 0 Å². The van der Waals surface area contributed by atoms with Crippen LogP contribution in [-0.2, 0) is 0 Å². The number of hydrogen-bond donors (Lipinski definition) is 1. The van der Waals surface area contributed by atoms with Crippen molar-refractivity contribution in [3.63, 3.8) is 0 Å². The summed E-state index contributed by atoms with van der Waals surface area (Å²) in [6.45, 7) is 8.91. The summed E-state index contributed by atoms with van der Waals surface area (Å²) in [4.78, 5) is 32.5. The first kappa shape index (κ1) is 19.1. The Balaban J connectivity index is 1.61. The molecule has 2 fully saturated rings. The van der Waals surface area contributed by atoms with Gasteiger partial charge in [0.1, 0.15) is 16.4 Å². The Kier molecular flexibility index (Phi) is 5.72. The SMILES string of the molecule is CCN1CCN(c2ccnc(-c3nc(N4CCCCC4)sc3C(=O)O)n2)CC1. The molecule has 0 aromatic carbocycles. The van der Waals surface area contributed by atoms with Crippen LogP contribution in [0.4, 0.5) is 10.9 Å². The minimum atomic E-state index is -0.971. The van der Waals surface area contributed by atoms with Crippen LogP contribution in [0.25, 0.3) is 11.5 Å². The number of aromatic nitrogens is 3. The van der Waals surface area contributed by atoms with Crippen LogP contribution in [0.1, 0.15) is 35.9 Å². The number of carboxylic acids is 1. The van der Waals surface area contributed by atoms with Crippen molar-refractivity contribution in [1.82, 2.24) is 19.9 Å². The Morgan fingerprint density at radius 2 is 1.82 bits per heavy atom. The fourth-order valence-electron chi connectivity index (χ4n) is 3.76. The highest BCUT2D eigenvalue weighted by Crippen LogP contribution is 2.33. The van der Waals surface area contributed by atoms with Crippen molar-refractivity contribution in [2.45, 2.75) is 26.2 Å². The van der Waals surface area contributed by atoms with Gasteiger partial charge < -0.3 is 19.8 Å². The first-order valence-electron chi connectivity index (χ1n) is 9.95. The van der Waals surface area contributed by atoms with E-state index in [0.717, 1.165) is 69.6 Å². The highest BCUT2D eigenvalue weighted by molar-refractivity contribution is 7.17. The van der Waals surface area contributed by atoms with E-state index in [0.29, 0.717) is 11.5 Å². The van der Waals surface area contributed by atoms with Gasteiger partial charge in [-0.05, 0) is 31.9 Å². The van der Waals surface area contributed by atoms with E-state index in [2.05, 4.69) is 36.6 Å². The van der Waals surface area contributed by atoms with Gasteiger partial charge in [0.15, 0.2) is 11.0 Å². The number of rotatable bonds is 5. The molecule has 0 amide bonds. The minimum absolute atomic E-state index is 0.216. The Hall–Kier alpha value is -2.26. The molecule has 8 nitrogen and oxygen atoms in total. The quantitative estimate of drug-likeness (QED) is 0.816. The zero-order valence-corrected chi connectivity index (χ0v) is 17.0. The molecule has 2 aromatic heterocycles. The number of likely N-dealkylation sites (N-methyl/N-ethyl adjacent to an activating group) is 1. The zero-order valence-electron chi connectivity index (χ0n) is 16.2. The van der Waals surface area contributed by atoms with E-state index >= 15 is 0 Å². The molecule has 150 valence electrons. The number of carboxylic acid groups (broad SMARTS) is 1. The van der Waals surface area contributed by atoms with E-state index in [4.69, 9.17) is 0 Å². The molecule has 2 aliphatic rings. The predicted molar refractivity (Wildman–Crippen MR) is 110 cm³/mol. The van der Waals surface area contributed by atoms with Crippen molar-refractivity contribution >= 4 is 28.3 Å². The van der Waals surface area contributed by atoms with Gasteiger partial charge in [-0.25, -0.2) is 19.7 Å². The summed E-state index contributed by atoms with van der Waals surface area (Å²) in [6.07, 6.45) is 5.16. The molecule has 0 saturated carbocycles. The molecular weight excluding hydrogens is 376 g/mol. The number of aromatic carboxylic acids is 1. The van der Waals surface area contributed by atoms with E-state index in [1.165, 1.54) is 17.8 Å². The van der Waals surface area contributed by atoms with Gasteiger partial charge in [0.2, 0.25) is 0 Å². The topological polar surface area (TPSA) is 85.7 Å². The Morgan fingerprint density at radius 1 is 1.07 bits per heavy atom. The zero-order chi connectivity index (χ0) is 19.5. The monoisotopic (exact) mass is 402 g/mol. The molecule has 0 spiro atoms. The maximum Gasteiger partial charge on any atom is 0.348 e. The smallest absolute Gasteiger partial charge is 0.348 e. The summed E-state index contributed by atoms with van der Waals surface area (Å²) < 4.78 is 0. The number of carbonyl (C=O) groups is 1. The summed E-state index contributed by atoms with van der Waals surface area (Å²) in [5.41, 5.74) is 0.382. The van der Waals surface area contributed by atoms with Crippen LogP contribution >= 0.6 is 11.3 Å². The van der Waals surface area contributed by atoms with Crippen LogP contribution in [0.5, 0.6) is 0 Å². The molecule has 2 saturated heterocycles. The largest absolute Gasteiger partial charge is 0.477 e. The van der Waals surface area contributed by atoms with Crippen LogP contribution in [0.3, 0.4) is 0 Å². The molecule has 0 aliphatic carbocycles. The van der Waals surface area contributed by atoms with Crippen LogP contribution in [-0.4, -0.2) is 76.7 Å². The van der Waals surface area contributed by atoms with Crippen molar-refractivity contribution in [3.8, 4) is 11.5 Å². The lowest BCUT2D eigenvalue weighted by Gasteiger charge is -2.34. The van der Waals surface area contributed by atoms with Crippen LogP contribution in [0, 0.1) is 0 Å². The van der Waals surface area contributed by atoms with Crippen molar-refractivity contribution in [1.29, 1.82) is 0 Å². The van der Waals surface area contributed by atoms with Crippen LogP contribution < -0.4 is 9.80 Å². The van der Waals surface area contributed by atoms with Gasteiger partial charge in [-0.1, -0.05) is 18.3 Å². The molecular formula is C19H26N6O2S. The summed E-state index contributed by atoms with van der Waals surface area (Å²) in [5.74, 6) is 0.262. The van der Waals surface area contributed by atoms with E-state index in [9.17, 15) is 9.90 Å².